The van der Waals surface area contributed by atoms with Gasteiger partial charge in [-0.3, -0.25) is 4.68 Å². The van der Waals surface area contributed by atoms with Crippen molar-refractivity contribution >= 4 is 0 Å². The Labute approximate surface area is 65.3 Å². The zero-order chi connectivity index (χ0) is 8.43. The molecule has 0 radical (unpaired) electrons. The fourth-order valence-corrected chi connectivity index (χ4v) is 0.760. The van der Waals surface area contributed by atoms with Crippen LogP contribution in [0.25, 0.3) is 0 Å². The van der Waals surface area contributed by atoms with Gasteiger partial charge in [-0.1, -0.05) is 0 Å². The van der Waals surface area contributed by atoms with E-state index in [0.717, 1.165) is 0 Å². The number of rotatable bonds is 2. The molecule has 11 heavy (non-hydrogen) atoms. The Morgan fingerprint density at radius 2 is 2.27 bits per heavy atom. The van der Waals surface area contributed by atoms with Crippen LogP contribution in [0.3, 0.4) is 0 Å². The lowest BCUT2D eigenvalue weighted by atomic mass is 10.5. The molecular formula is C6H11N4O-. The van der Waals surface area contributed by atoms with E-state index >= 15 is 0 Å². The van der Waals surface area contributed by atoms with E-state index in [1.807, 2.05) is 0 Å². The van der Waals surface area contributed by atoms with Crippen molar-refractivity contribution in [1.82, 2.24) is 19.7 Å². The van der Waals surface area contributed by atoms with E-state index in [0.29, 0.717) is 5.82 Å². The number of hydrogen-bond acceptors (Lipinski definition) is 4. The van der Waals surface area contributed by atoms with E-state index < -0.39 is 6.23 Å². The maximum atomic E-state index is 11.3. The third-order valence-corrected chi connectivity index (χ3v) is 1.44. The second kappa shape index (κ2) is 2.98. The summed E-state index contributed by atoms with van der Waals surface area (Å²) < 4.78 is 1.48. The molecule has 0 aliphatic carbocycles. The molecule has 0 aromatic carbocycles. The third kappa shape index (κ3) is 1.55. The molecule has 62 valence electrons. The second-order valence-electron chi connectivity index (χ2n) is 2.56. The molecule has 0 aliphatic rings. The van der Waals surface area contributed by atoms with Gasteiger partial charge in [0.25, 0.3) is 0 Å². The molecule has 0 aliphatic heterocycles. The normalized spacial score (nSPS) is 13.9. The Balaban J connectivity index is 2.84. The van der Waals surface area contributed by atoms with E-state index in [1.165, 1.54) is 11.0 Å². The van der Waals surface area contributed by atoms with Crippen LogP contribution < -0.4 is 5.11 Å². The van der Waals surface area contributed by atoms with Crippen molar-refractivity contribution in [3.63, 3.8) is 0 Å². The van der Waals surface area contributed by atoms with Crippen LogP contribution in [-0.2, 0) is 7.05 Å². The van der Waals surface area contributed by atoms with Crippen molar-refractivity contribution in [2.45, 2.75) is 6.23 Å². The van der Waals surface area contributed by atoms with Crippen molar-refractivity contribution in [2.24, 2.45) is 7.05 Å². The van der Waals surface area contributed by atoms with Gasteiger partial charge >= 0.3 is 0 Å². The molecule has 1 aromatic rings. The number of aryl methyl sites for hydroxylation is 1. The summed E-state index contributed by atoms with van der Waals surface area (Å²) in [7, 11) is 5.13. The largest absolute Gasteiger partial charge is 0.835 e. The Morgan fingerprint density at radius 3 is 2.64 bits per heavy atom. The SMILES string of the molecule is CN(C)C([O-])c1ncnn1C. The van der Waals surface area contributed by atoms with Crippen molar-refractivity contribution in [3.05, 3.63) is 12.2 Å². The van der Waals surface area contributed by atoms with E-state index in [4.69, 9.17) is 0 Å². The van der Waals surface area contributed by atoms with E-state index in [9.17, 15) is 5.11 Å². The van der Waals surface area contributed by atoms with Gasteiger partial charge in [-0.25, -0.2) is 4.98 Å². The van der Waals surface area contributed by atoms with Gasteiger partial charge in [0.15, 0.2) is 0 Å². The highest BCUT2D eigenvalue weighted by Gasteiger charge is 2.05. The van der Waals surface area contributed by atoms with Gasteiger partial charge in [-0.2, -0.15) is 5.10 Å². The second-order valence-corrected chi connectivity index (χ2v) is 2.56. The summed E-state index contributed by atoms with van der Waals surface area (Å²) in [4.78, 5) is 5.38. The summed E-state index contributed by atoms with van der Waals surface area (Å²) in [6.45, 7) is 0. The first-order valence-electron chi connectivity index (χ1n) is 3.29. The quantitative estimate of drug-likeness (QED) is 0.500. The Hall–Kier alpha value is -0.940. The summed E-state index contributed by atoms with van der Waals surface area (Å²) >= 11 is 0. The summed E-state index contributed by atoms with van der Waals surface area (Å²) in [5.41, 5.74) is 0. The minimum Gasteiger partial charge on any atom is -0.835 e. The molecule has 1 atom stereocenters. The Bertz CT molecular complexity index is 232. The first-order chi connectivity index (χ1) is 5.13. The van der Waals surface area contributed by atoms with Gasteiger partial charge in [-0.05, 0) is 20.3 Å². The molecule has 0 fully saturated rings. The first-order valence-corrected chi connectivity index (χ1v) is 3.29. The molecule has 0 spiro atoms. The fourth-order valence-electron chi connectivity index (χ4n) is 0.760. The average molecular weight is 155 g/mol. The third-order valence-electron chi connectivity index (χ3n) is 1.44. The molecule has 1 aromatic heterocycles. The smallest absolute Gasteiger partial charge is 0.138 e. The topological polar surface area (TPSA) is 57.0 Å². The highest BCUT2D eigenvalue weighted by Crippen LogP contribution is 2.05. The fraction of sp³-hybridized carbons (Fsp3) is 0.667. The monoisotopic (exact) mass is 155 g/mol. The van der Waals surface area contributed by atoms with Crippen molar-refractivity contribution in [1.29, 1.82) is 0 Å². The van der Waals surface area contributed by atoms with Crippen molar-refractivity contribution in [2.75, 3.05) is 14.1 Å². The molecule has 0 amide bonds. The summed E-state index contributed by atoms with van der Waals surface area (Å²) in [5, 5.41) is 15.1. The summed E-state index contributed by atoms with van der Waals surface area (Å²) in [6, 6.07) is 0. The minimum absolute atomic E-state index is 0.440. The predicted octanol–water partition coefficient (Wildman–Crippen LogP) is -1.26. The molecule has 5 nitrogen and oxygen atoms in total. The standard InChI is InChI=1S/C6H11N4O/c1-9(2)6(11)5-7-4-8-10(5)3/h4,6H,1-3H3/q-1. The Kier molecular flexibility index (Phi) is 2.21. The number of hydrogen-bond donors (Lipinski definition) is 0. The molecular weight excluding hydrogens is 144 g/mol. The molecule has 0 saturated carbocycles. The van der Waals surface area contributed by atoms with Crippen molar-refractivity contribution < 1.29 is 5.11 Å². The predicted molar refractivity (Wildman–Crippen MR) is 37.4 cm³/mol. The summed E-state index contributed by atoms with van der Waals surface area (Å²) in [6.07, 6.45) is 0.450. The lowest BCUT2D eigenvalue weighted by Crippen LogP contribution is -2.33. The number of aromatic nitrogens is 3. The van der Waals surface area contributed by atoms with Crippen LogP contribution in [0.15, 0.2) is 6.33 Å². The van der Waals surface area contributed by atoms with E-state index in [2.05, 4.69) is 10.1 Å². The van der Waals surface area contributed by atoms with Crippen LogP contribution in [0, 0.1) is 0 Å². The van der Waals surface area contributed by atoms with Gasteiger partial charge < -0.3 is 10.0 Å². The van der Waals surface area contributed by atoms with Crippen LogP contribution in [0.2, 0.25) is 0 Å². The molecule has 1 heterocycles. The first kappa shape index (κ1) is 8.16. The van der Waals surface area contributed by atoms with Gasteiger partial charge in [0.1, 0.15) is 12.2 Å². The van der Waals surface area contributed by atoms with E-state index in [-0.39, 0.29) is 0 Å². The number of nitrogens with zero attached hydrogens (tertiary/aromatic N) is 4. The van der Waals surface area contributed by atoms with Crippen molar-refractivity contribution in [3.8, 4) is 0 Å². The highest BCUT2D eigenvalue weighted by atomic mass is 16.3. The summed E-state index contributed by atoms with van der Waals surface area (Å²) in [5.74, 6) is 0.440. The minimum atomic E-state index is -0.928. The lowest BCUT2D eigenvalue weighted by molar-refractivity contribution is -0.463. The zero-order valence-corrected chi connectivity index (χ0v) is 6.85. The van der Waals surface area contributed by atoms with Crippen LogP contribution >= 0.6 is 0 Å². The highest BCUT2D eigenvalue weighted by molar-refractivity contribution is 4.86. The van der Waals surface area contributed by atoms with Gasteiger partial charge in [0.2, 0.25) is 0 Å². The maximum absolute atomic E-state index is 11.3. The molecule has 0 N–H and O–H groups in total. The van der Waals surface area contributed by atoms with Crippen LogP contribution in [0.4, 0.5) is 0 Å². The maximum Gasteiger partial charge on any atom is 0.138 e. The lowest BCUT2D eigenvalue weighted by Gasteiger charge is -2.28. The van der Waals surface area contributed by atoms with Crippen LogP contribution in [-0.4, -0.2) is 33.8 Å². The van der Waals surface area contributed by atoms with Gasteiger partial charge in [0, 0.05) is 7.05 Å². The molecule has 5 heteroatoms. The Morgan fingerprint density at radius 1 is 1.64 bits per heavy atom. The molecule has 1 rings (SSSR count). The van der Waals surface area contributed by atoms with Crippen LogP contribution in [0.1, 0.15) is 12.1 Å². The van der Waals surface area contributed by atoms with Gasteiger partial charge in [-0.15, -0.1) is 0 Å². The van der Waals surface area contributed by atoms with E-state index in [1.54, 1.807) is 26.0 Å². The molecule has 1 unspecified atom stereocenters. The van der Waals surface area contributed by atoms with Gasteiger partial charge in [0.05, 0.1) is 0 Å². The zero-order valence-electron chi connectivity index (χ0n) is 6.85. The average Bonchev–Trinajstić information content (AvgIpc) is 2.33. The van der Waals surface area contributed by atoms with Crippen LogP contribution in [0.5, 0.6) is 0 Å². The molecule has 0 bridgehead atoms. The molecule has 0 saturated heterocycles.